The van der Waals surface area contributed by atoms with Gasteiger partial charge < -0.3 is 4.74 Å². The molecule has 0 spiro atoms. The van der Waals surface area contributed by atoms with Crippen molar-refractivity contribution in [3.63, 3.8) is 0 Å². The molecule has 1 amide bonds. The van der Waals surface area contributed by atoms with Crippen molar-refractivity contribution in [2.24, 2.45) is 0 Å². The molecule has 1 saturated carbocycles. The lowest BCUT2D eigenvalue weighted by Crippen LogP contribution is -2.27. The lowest BCUT2D eigenvalue weighted by molar-refractivity contribution is 0.0636. The van der Waals surface area contributed by atoms with Gasteiger partial charge in [-0.3, -0.25) is 5.32 Å². The van der Waals surface area contributed by atoms with Gasteiger partial charge in [0.2, 0.25) is 0 Å². The predicted molar refractivity (Wildman–Crippen MR) is 73.0 cm³/mol. The highest BCUT2D eigenvalue weighted by Gasteiger charge is 2.26. The van der Waals surface area contributed by atoms with Crippen LogP contribution in [0.15, 0.2) is 18.2 Å². The van der Waals surface area contributed by atoms with E-state index in [0.29, 0.717) is 17.2 Å². The zero-order chi connectivity index (χ0) is 14.0. The average Bonchev–Trinajstić information content (AvgIpc) is 3.09. The molecule has 0 radical (unpaired) electrons. The highest BCUT2D eigenvalue weighted by Crippen LogP contribution is 2.42. The summed E-state index contributed by atoms with van der Waals surface area (Å²) in [5.74, 6) is 0.468. The number of rotatable bonds is 2. The molecule has 1 aromatic rings. The monoisotopic (exact) mass is 258 g/mol. The number of hydrogen-bond acceptors (Lipinski definition) is 3. The van der Waals surface area contributed by atoms with E-state index in [0.717, 1.165) is 18.4 Å². The Labute approximate surface area is 113 Å². The molecule has 100 valence electrons. The Morgan fingerprint density at radius 3 is 2.63 bits per heavy atom. The van der Waals surface area contributed by atoms with E-state index < -0.39 is 11.7 Å². The van der Waals surface area contributed by atoms with Crippen LogP contribution in [0.2, 0.25) is 0 Å². The second-order valence-electron chi connectivity index (χ2n) is 5.81. The lowest BCUT2D eigenvalue weighted by atomic mass is 10.0. The highest BCUT2D eigenvalue weighted by molar-refractivity contribution is 5.85. The van der Waals surface area contributed by atoms with Crippen molar-refractivity contribution >= 4 is 11.8 Å². The van der Waals surface area contributed by atoms with E-state index in [-0.39, 0.29) is 0 Å². The van der Waals surface area contributed by atoms with Crippen LogP contribution in [0.4, 0.5) is 10.5 Å². The molecular weight excluding hydrogens is 240 g/mol. The molecule has 0 atom stereocenters. The number of ether oxygens (including phenoxy) is 1. The Morgan fingerprint density at radius 2 is 2.11 bits per heavy atom. The Bertz CT molecular complexity index is 534. The van der Waals surface area contributed by atoms with Gasteiger partial charge in [0.1, 0.15) is 5.60 Å². The van der Waals surface area contributed by atoms with Gasteiger partial charge in [-0.25, -0.2) is 4.79 Å². The summed E-state index contributed by atoms with van der Waals surface area (Å²) < 4.78 is 5.20. The second kappa shape index (κ2) is 4.93. The van der Waals surface area contributed by atoms with Gasteiger partial charge in [-0.1, -0.05) is 0 Å². The fraction of sp³-hybridized carbons (Fsp3) is 0.467. The molecule has 1 aromatic carbocycles. The molecule has 2 rings (SSSR count). The van der Waals surface area contributed by atoms with Gasteiger partial charge >= 0.3 is 6.09 Å². The number of nitrogens with one attached hydrogen (secondary N) is 1. The van der Waals surface area contributed by atoms with E-state index in [1.807, 2.05) is 26.8 Å². The zero-order valence-electron chi connectivity index (χ0n) is 11.5. The summed E-state index contributed by atoms with van der Waals surface area (Å²) in [5.41, 5.74) is 1.87. The standard InChI is InChI=1S/C15H18N2O2/c1-15(2,3)19-14(18)17-12-7-6-11(9-16)13(8-12)10-4-5-10/h6-8,10H,4-5H2,1-3H3,(H,17,18). The van der Waals surface area contributed by atoms with Crippen LogP contribution in [0.3, 0.4) is 0 Å². The highest BCUT2D eigenvalue weighted by atomic mass is 16.6. The zero-order valence-corrected chi connectivity index (χ0v) is 11.5. The molecule has 1 aliphatic carbocycles. The molecular formula is C15H18N2O2. The van der Waals surface area contributed by atoms with Crippen molar-refractivity contribution < 1.29 is 9.53 Å². The number of nitriles is 1. The topological polar surface area (TPSA) is 62.1 Å². The van der Waals surface area contributed by atoms with Crippen molar-refractivity contribution in [2.45, 2.75) is 45.1 Å². The fourth-order valence-electron chi connectivity index (χ4n) is 1.90. The largest absolute Gasteiger partial charge is 0.444 e. The minimum absolute atomic E-state index is 0.468. The summed E-state index contributed by atoms with van der Waals surface area (Å²) in [4.78, 5) is 11.7. The number of hydrogen-bond donors (Lipinski definition) is 1. The second-order valence-corrected chi connectivity index (χ2v) is 5.81. The Balaban J connectivity index is 2.11. The van der Waals surface area contributed by atoms with Gasteiger partial charge in [0.25, 0.3) is 0 Å². The first-order valence-corrected chi connectivity index (χ1v) is 6.43. The average molecular weight is 258 g/mol. The summed E-state index contributed by atoms with van der Waals surface area (Å²) in [6.07, 6.45) is 1.76. The molecule has 0 aromatic heterocycles. The first-order valence-electron chi connectivity index (χ1n) is 6.43. The molecule has 0 bridgehead atoms. The van der Waals surface area contributed by atoms with Crippen LogP contribution in [-0.2, 0) is 4.74 Å². The van der Waals surface area contributed by atoms with Crippen molar-refractivity contribution in [2.75, 3.05) is 5.32 Å². The predicted octanol–water partition coefficient (Wildman–Crippen LogP) is 3.78. The molecule has 1 fully saturated rings. The normalized spacial score (nSPS) is 14.6. The first-order chi connectivity index (χ1) is 8.89. The van der Waals surface area contributed by atoms with E-state index in [4.69, 9.17) is 10.00 Å². The summed E-state index contributed by atoms with van der Waals surface area (Å²) in [5, 5.41) is 11.8. The minimum Gasteiger partial charge on any atom is -0.444 e. The number of carbonyl (C=O) groups excluding carboxylic acids is 1. The van der Waals surface area contributed by atoms with E-state index in [1.54, 1.807) is 12.1 Å². The Kier molecular flexibility index (Phi) is 3.48. The molecule has 4 heteroatoms. The Hall–Kier alpha value is -2.02. The van der Waals surface area contributed by atoms with Crippen LogP contribution in [0.1, 0.15) is 50.7 Å². The number of benzene rings is 1. The molecule has 19 heavy (non-hydrogen) atoms. The quantitative estimate of drug-likeness (QED) is 0.878. The minimum atomic E-state index is -0.518. The maximum absolute atomic E-state index is 11.7. The number of anilines is 1. The summed E-state index contributed by atoms with van der Waals surface area (Å²) >= 11 is 0. The van der Waals surface area contributed by atoms with Crippen LogP contribution < -0.4 is 5.32 Å². The van der Waals surface area contributed by atoms with Gasteiger partial charge in [-0.05, 0) is 63.3 Å². The van der Waals surface area contributed by atoms with Crippen molar-refractivity contribution in [1.29, 1.82) is 5.26 Å². The van der Waals surface area contributed by atoms with Gasteiger partial charge in [0.05, 0.1) is 11.6 Å². The summed E-state index contributed by atoms with van der Waals surface area (Å²) in [6, 6.07) is 7.55. The van der Waals surface area contributed by atoms with E-state index in [1.165, 1.54) is 0 Å². The third kappa shape index (κ3) is 3.72. The fourth-order valence-corrected chi connectivity index (χ4v) is 1.90. The van der Waals surface area contributed by atoms with E-state index in [2.05, 4.69) is 11.4 Å². The van der Waals surface area contributed by atoms with Crippen LogP contribution in [0.5, 0.6) is 0 Å². The number of amides is 1. The molecule has 0 heterocycles. The van der Waals surface area contributed by atoms with Gasteiger partial charge in [0, 0.05) is 5.69 Å². The SMILES string of the molecule is CC(C)(C)OC(=O)Nc1ccc(C#N)c(C2CC2)c1. The molecule has 1 N–H and O–H groups in total. The lowest BCUT2D eigenvalue weighted by Gasteiger charge is -2.19. The molecule has 0 aliphatic heterocycles. The molecule has 1 aliphatic rings. The maximum Gasteiger partial charge on any atom is 0.412 e. The molecule has 0 saturated heterocycles. The van der Waals surface area contributed by atoms with E-state index >= 15 is 0 Å². The van der Waals surface area contributed by atoms with Crippen LogP contribution in [-0.4, -0.2) is 11.7 Å². The summed E-state index contributed by atoms with van der Waals surface area (Å²) in [6.45, 7) is 5.46. The van der Waals surface area contributed by atoms with Crippen molar-refractivity contribution in [3.05, 3.63) is 29.3 Å². The van der Waals surface area contributed by atoms with Gasteiger partial charge in [0.15, 0.2) is 0 Å². The smallest absolute Gasteiger partial charge is 0.412 e. The number of carbonyl (C=O) groups is 1. The third-order valence-electron chi connectivity index (χ3n) is 2.83. The van der Waals surface area contributed by atoms with Crippen molar-refractivity contribution in [1.82, 2.24) is 0 Å². The van der Waals surface area contributed by atoms with Crippen molar-refractivity contribution in [3.8, 4) is 6.07 Å². The Morgan fingerprint density at radius 1 is 1.42 bits per heavy atom. The van der Waals surface area contributed by atoms with Crippen LogP contribution >= 0.6 is 0 Å². The third-order valence-corrected chi connectivity index (χ3v) is 2.83. The summed E-state index contributed by atoms with van der Waals surface area (Å²) in [7, 11) is 0. The van der Waals surface area contributed by atoms with E-state index in [9.17, 15) is 4.79 Å². The molecule has 4 nitrogen and oxygen atoms in total. The first kappa shape index (κ1) is 13.4. The number of nitrogens with zero attached hydrogens (tertiary/aromatic N) is 1. The van der Waals surface area contributed by atoms with Crippen LogP contribution in [0, 0.1) is 11.3 Å². The van der Waals surface area contributed by atoms with Crippen LogP contribution in [0.25, 0.3) is 0 Å². The van der Waals surface area contributed by atoms with Gasteiger partial charge in [-0.15, -0.1) is 0 Å². The maximum atomic E-state index is 11.7. The molecule has 0 unspecified atom stereocenters. The van der Waals surface area contributed by atoms with Gasteiger partial charge in [-0.2, -0.15) is 5.26 Å².